The number of aliphatic hydroxyl groups is 1. The van der Waals surface area contributed by atoms with Crippen LogP contribution in [-0.4, -0.2) is 5.11 Å². The van der Waals surface area contributed by atoms with E-state index in [1.165, 1.54) is 6.07 Å². The van der Waals surface area contributed by atoms with Gasteiger partial charge in [-0.15, -0.1) is 0 Å². The van der Waals surface area contributed by atoms with Gasteiger partial charge in [0.25, 0.3) is 0 Å². The maximum absolute atomic E-state index is 13.8. The zero-order chi connectivity index (χ0) is 14.7. The van der Waals surface area contributed by atoms with E-state index in [0.29, 0.717) is 20.3 Å². The predicted octanol–water partition coefficient (Wildman–Crippen LogP) is 5.08. The lowest BCUT2D eigenvalue weighted by atomic mass is 10.2. The van der Waals surface area contributed by atoms with E-state index in [9.17, 15) is 4.39 Å². The Hall–Kier alpha value is -0.620. The number of halogens is 4. The summed E-state index contributed by atoms with van der Waals surface area (Å²) in [4.78, 5) is 0. The Kier molecular flexibility index (Phi) is 5.43. The molecule has 0 amide bonds. The van der Waals surface area contributed by atoms with Crippen LogP contribution in [0.4, 0.5) is 4.39 Å². The summed E-state index contributed by atoms with van der Waals surface area (Å²) in [6.07, 6.45) is 0. The fraction of sp³-hybridized carbons (Fsp3) is 0.143. The normalized spacial score (nSPS) is 10.7. The molecule has 6 heteroatoms. The smallest absolute Gasteiger partial charge is 0.148 e. The molecule has 0 aliphatic rings. The maximum atomic E-state index is 13.8. The summed E-state index contributed by atoms with van der Waals surface area (Å²) in [7, 11) is 0. The highest BCUT2D eigenvalue weighted by molar-refractivity contribution is 9.11. The van der Waals surface area contributed by atoms with Crippen molar-refractivity contribution in [2.75, 3.05) is 0 Å². The first-order valence-corrected chi connectivity index (χ1v) is 7.63. The van der Waals surface area contributed by atoms with Crippen LogP contribution in [0.2, 0.25) is 5.02 Å². The highest BCUT2D eigenvalue weighted by Gasteiger charge is 2.11. The molecule has 0 unspecified atom stereocenters. The number of rotatable bonds is 4. The van der Waals surface area contributed by atoms with Crippen LogP contribution in [0.15, 0.2) is 39.3 Å². The number of benzene rings is 2. The zero-order valence-electron chi connectivity index (χ0n) is 10.2. The minimum absolute atomic E-state index is 0.0576. The van der Waals surface area contributed by atoms with Crippen LogP contribution in [0.1, 0.15) is 11.1 Å². The summed E-state index contributed by atoms with van der Waals surface area (Å²) >= 11 is 12.4. The van der Waals surface area contributed by atoms with Gasteiger partial charge in [0.15, 0.2) is 0 Å². The third-order valence-corrected chi connectivity index (χ3v) is 4.11. The molecular weight excluding hydrogens is 414 g/mol. The molecule has 2 aromatic carbocycles. The van der Waals surface area contributed by atoms with Crippen molar-refractivity contribution < 1.29 is 14.2 Å². The van der Waals surface area contributed by atoms with Crippen LogP contribution in [0.5, 0.6) is 5.75 Å². The van der Waals surface area contributed by atoms with E-state index >= 15 is 0 Å². The second-order valence-electron chi connectivity index (χ2n) is 4.05. The Balaban J connectivity index is 2.21. The van der Waals surface area contributed by atoms with E-state index in [2.05, 4.69) is 31.9 Å². The molecule has 0 saturated heterocycles. The number of hydrogen-bond acceptors (Lipinski definition) is 2. The first-order valence-electron chi connectivity index (χ1n) is 5.67. The van der Waals surface area contributed by atoms with E-state index in [-0.39, 0.29) is 18.2 Å². The number of hydrogen-bond donors (Lipinski definition) is 1. The third-order valence-electron chi connectivity index (χ3n) is 2.64. The lowest BCUT2D eigenvalue weighted by Gasteiger charge is -2.12. The average molecular weight is 424 g/mol. The van der Waals surface area contributed by atoms with Gasteiger partial charge in [0, 0.05) is 5.56 Å². The van der Waals surface area contributed by atoms with E-state index in [0.717, 1.165) is 5.56 Å². The van der Waals surface area contributed by atoms with Crippen molar-refractivity contribution in [1.82, 2.24) is 0 Å². The minimum Gasteiger partial charge on any atom is -0.486 e. The lowest BCUT2D eigenvalue weighted by Crippen LogP contribution is -2.00. The standard InChI is InChI=1S/C14H10Br2ClFO2/c15-10-4-8(6-19)5-11(16)14(10)20-7-9-2-1-3-12(17)13(9)18/h1-5,19H,6-7H2. The fourth-order valence-corrected chi connectivity index (χ4v) is 3.36. The van der Waals surface area contributed by atoms with Gasteiger partial charge in [-0.2, -0.15) is 0 Å². The van der Waals surface area contributed by atoms with Crippen molar-refractivity contribution in [1.29, 1.82) is 0 Å². The molecular formula is C14H10Br2ClFO2. The molecule has 0 radical (unpaired) electrons. The third kappa shape index (κ3) is 3.52. The van der Waals surface area contributed by atoms with Crippen molar-refractivity contribution in [2.24, 2.45) is 0 Å². The molecule has 0 fully saturated rings. The highest BCUT2D eigenvalue weighted by Crippen LogP contribution is 2.35. The van der Waals surface area contributed by atoms with E-state index in [1.54, 1.807) is 24.3 Å². The maximum Gasteiger partial charge on any atom is 0.148 e. The Morgan fingerprint density at radius 2 is 1.85 bits per heavy atom. The number of aliphatic hydroxyl groups excluding tert-OH is 1. The molecule has 106 valence electrons. The van der Waals surface area contributed by atoms with Crippen molar-refractivity contribution in [2.45, 2.75) is 13.2 Å². The molecule has 0 heterocycles. The Morgan fingerprint density at radius 3 is 2.45 bits per heavy atom. The number of ether oxygens (including phenoxy) is 1. The van der Waals surface area contributed by atoms with Crippen LogP contribution in [0, 0.1) is 5.82 Å². The van der Waals surface area contributed by atoms with Gasteiger partial charge in [-0.1, -0.05) is 23.7 Å². The van der Waals surface area contributed by atoms with Gasteiger partial charge >= 0.3 is 0 Å². The van der Waals surface area contributed by atoms with Crippen molar-refractivity contribution in [3.05, 3.63) is 61.2 Å². The summed E-state index contributed by atoms with van der Waals surface area (Å²) in [6, 6.07) is 8.26. The van der Waals surface area contributed by atoms with Crippen LogP contribution in [0.3, 0.4) is 0 Å². The first kappa shape index (κ1) is 15.8. The van der Waals surface area contributed by atoms with Crippen LogP contribution >= 0.6 is 43.5 Å². The lowest BCUT2D eigenvalue weighted by molar-refractivity contribution is 0.279. The van der Waals surface area contributed by atoms with Crippen LogP contribution < -0.4 is 4.74 Å². The molecule has 20 heavy (non-hydrogen) atoms. The second kappa shape index (κ2) is 6.89. The molecule has 1 N–H and O–H groups in total. The molecule has 0 aliphatic carbocycles. The summed E-state index contributed by atoms with van der Waals surface area (Å²) < 4.78 is 20.7. The average Bonchev–Trinajstić information content (AvgIpc) is 2.42. The molecule has 0 saturated carbocycles. The highest BCUT2D eigenvalue weighted by atomic mass is 79.9. The fourth-order valence-electron chi connectivity index (χ4n) is 1.65. The van der Waals surface area contributed by atoms with Crippen LogP contribution in [-0.2, 0) is 13.2 Å². The molecule has 0 bridgehead atoms. The van der Waals surface area contributed by atoms with Crippen LogP contribution in [0.25, 0.3) is 0 Å². The molecule has 0 atom stereocenters. The van der Waals surface area contributed by atoms with Crippen molar-refractivity contribution >= 4 is 43.5 Å². The van der Waals surface area contributed by atoms with Gasteiger partial charge in [-0.3, -0.25) is 0 Å². The molecule has 2 rings (SSSR count). The van der Waals surface area contributed by atoms with Gasteiger partial charge in [-0.25, -0.2) is 4.39 Å². The summed E-state index contributed by atoms with van der Waals surface area (Å²) in [5.41, 5.74) is 1.12. The molecule has 0 aliphatic heterocycles. The summed E-state index contributed by atoms with van der Waals surface area (Å²) in [6.45, 7) is -0.0114. The monoisotopic (exact) mass is 422 g/mol. The summed E-state index contributed by atoms with van der Waals surface area (Å²) in [5, 5.41) is 9.17. The van der Waals surface area contributed by atoms with E-state index in [1.807, 2.05) is 0 Å². The zero-order valence-corrected chi connectivity index (χ0v) is 14.1. The SMILES string of the molecule is OCc1cc(Br)c(OCc2cccc(Cl)c2F)c(Br)c1. The molecule has 0 spiro atoms. The minimum atomic E-state index is -0.478. The van der Waals surface area contributed by atoms with Crippen molar-refractivity contribution in [3.63, 3.8) is 0 Å². The molecule has 0 aromatic heterocycles. The Bertz CT molecular complexity index is 612. The topological polar surface area (TPSA) is 29.5 Å². The van der Waals surface area contributed by atoms with Gasteiger partial charge in [0.1, 0.15) is 18.2 Å². The quantitative estimate of drug-likeness (QED) is 0.742. The predicted molar refractivity (Wildman–Crippen MR) is 83.5 cm³/mol. The molecule has 2 aromatic rings. The second-order valence-corrected chi connectivity index (χ2v) is 6.16. The van der Waals surface area contributed by atoms with E-state index < -0.39 is 5.82 Å². The summed E-state index contributed by atoms with van der Waals surface area (Å²) in [5.74, 6) is 0.0648. The van der Waals surface area contributed by atoms with E-state index in [4.69, 9.17) is 21.4 Å². The van der Waals surface area contributed by atoms with Crippen molar-refractivity contribution in [3.8, 4) is 5.75 Å². The Morgan fingerprint density at radius 1 is 1.20 bits per heavy atom. The molecule has 2 nitrogen and oxygen atoms in total. The Labute approximate surface area is 137 Å². The van der Waals surface area contributed by atoms with Gasteiger partial charge in [0.05, 0.1) is 20.6 Å². The van der Waals surface area contributed by atoms with Gasteiger partial charge in [0.2, 0.25) is 0 Å². The van der Waals surface area contributed by atoms with Gasteiger partial charge in [-0.05, 0) is 55.6 Å². The largest absolute Gasteiger partial charge is 0.486 e. The first-order chi connectivity index (χ1) is 9.52. The van der Waals surface area contributed by atoms with Gasteiger partial charge < -0.3 is 9.84 Å².